The molecular formula is C96H76F2N2O2. The van der Waals surface area contributed by atoms with Gasteiger partial charge in [-0.2, -0.15) is 0 Å². The van der Waals surface area contributed by atoms with Crippen molar-refractivity contribution < 1.29 is 17.6 Å². The lowest BCUT2D eigenvalue weighted by Gasteiger charge is -2.62. The lowest BCUT2D eigenvalue weighted by atomic mass is 9.39. The molecule has 0 spiro atoms. The molecule has 2 atom stereocenters. The van der Waals surface area contributed by atoms with Gasteiger partial charge < -0.3 is 18.6 Å². The molecule has 0 N–H and O–H groups in total. The fourth-order valence-corrected chi connectivity index (χ4v) is 18.5. The number of nitrogens with zero attached hydrogens (tertiary/aromatic N) is 2. The van der Waals surface area contributed by atoms with Gasteiger partial charge in [0.25, 0.3) is 0 Å². The molecule has 15 aromatic rings. The van der Waals surface area contributed by atoms with Gasteiger partial charge >= 0.3 is 0 Å². The van der Waals surface area contributed by atoms with Crippen LogP contribution < -0.4 is 9.80 Å². The summed E-state index contributed by atoms with van der Waals surface area (Å²) in [6, 6.07) is 97.4. The topological polar surface area (TPSA) is 32.8 Å². The Morgan fingerprint density at radius 1 is 0.363 bits per heavy atom. The first kappa shape index (κ1) is 62.6. The van der Waals surface area contributed by atoms with Gasteiger partial charge in [0.15, 0.2) is 11.2 Å². The number of anilines is 6. The lowest BCUT2D eigenvalue weighted by molar-refractivity contribution is 0.0594. The third-order valence-corrected chi connectivity index (χ3v) is 22.3. The molecule has 3 aliphatic rings. The molecule has 496 valence electrons. The maximum Gasteiger partial charge on any atom is 0.159 e. The van der Waals surface area contributed by atoms with E-state index in [1.165, 1.54) is 11.1 Å². The van der Waals surface area contributed by atoms with Crippen molar-refractivity contribution >= 4 is 83.6 Å². The number of allylic oxidation sites excluding steroid dienone is 4. The molecule has 0 aliphatic heterocycles. The van der Waals surface area contributed by atoms with Gasteiger partial charge in [-0.1, -0.05) is 272 Å². The number of para-hydroxylation sites is 4. The molecule has 0 bridgehead atoms. The third-order valence-electron chi connectivity index (χ3n) is 22.3. The van der Waals surface area contributed by atoms with E-state index in [0.29, 0.717) is 28.2 Å². The largest absolute Gasteiger partial charge is 0.454 e. The van der Waals surface area contributed by atoms with E-state index in [0.717, 1.165) is 152 Å². The molecule has 2 unspecified atom stereocenters. The number of benzene rings is 13. The Kier molecular flexibility index (Phi) is 14.6. The summed E-state index contributed by atoms with van der Waals surface area (Å²) < 4.78 is 52.3. The molecule has 0 saturated carbocycles. The summed E-state index contributed by atoms with van der Waals surface area (Å²) in [5, 5.41) is 3.83. The molecule has 3 aliphatic carbocycles. The van der Waals surface area contributed by atoms with Crippen molar-refractivity contribution in [3.05, 3.63) is 342 Å². The van der Waals surface area contributed by atoms with E-state index >= 15 is 8.78 Å². The second-order valence-corrected chi connectivity index (χ2v) is 30.0. The van der Waals surface area contributed by atoms with Crippen LogP contribution in [0.4, 0.5) is 42.9 Å². The van der Waals surface area contributed by atoms with E-state index in [-0.39, 0.29) is 11.6 Å². The summed E-state index contributed by atoms with van der Waals surface area (Å²) in [6.07, 6.45) is 9.14. The van der Waals surface area contributed by atoms with Crippen molar-refractivity contribution in [2.24, 2.45) is 10.8 Å². The Morgan fingerprint density at radius 3 is 1.30 bits per heavy atom. The molecule has 0 fully saturated rings. The Balaban J connectivity index is 0.950. The van der Waals surface area contributed by atoms with Crippen molar-refractivity contribution in [2.75, 3.05) is 9.80 Å². The van der Waals surface area contributed by atoms with Crippen LogP contribution >= 0.6 is 0 Å². The van der Waals surface area contributed by atoms with E-state index in [9.17, 15) is 0 Å². The zero-order chi connectivity index (χ0) is 69.4. The van der Waals surface area contributed by atoms with Crippen LogP contribution in [0, 0.1) is 29.4 Å². The molecule has 2 heterocycles. The van der Waals surface area contributed by atoms with Crippen LogP contribution in [0.5, 0.6) is 0 Å². The molecule has 18 rings (SSSR count). The summed E-state index contributed by atoms with van der Waals surface area (Å²) in [5.74, 6) is -0.732. The van der Waals surface area contributed by atoms with E-state index in [1.807, 2.05) is 84.9 Å². The number of aryl methyl sites for hydroxylation is 1. The Morgan fingerprint density at radius 2 is 0.794 bits per heavy atom. The monoisotopic (exact) mass is 1330 g/mol. The second kappa shape index (κ2) is 23.8. The molecule has 13 aromatic carbocycles. The number of halogens is 2. The fraction of sp³-hybridized carbons (Fsp3) is 0.146. The van der Waals surface area contributed by atoms with Crippen LogP contribution in [-0.2, 0) is 10.8 Å². The number of furan rings is 2. The zero-order valence-corrected chi connectivity index (χ0v) is 58.4. The molecule has 4 nitrogen and oxygen atoms in total. The Bertz CT molecular complexity index is 5960. The summed E-state index contributed by atoms with van der Waals surface area (Å²) in [7, 11) is 0. The number of hydrogen-bond donors (Lipinski definition) is 0. The fourth-order valence-electron chi connectivity index (χ4n) is 18.5. The highest BCUT2D eigenvalue weighted by Gasteiger charge is 2.70. The standard InChI is InChI=1S/C96H76F2N2O2/c1-60-29-26-36-64(53-60)78-55-66(62-32-16-11-17-33-62)57-84(98)90(78)100(86-46-28-42-76-74-40-21-25-48-88(74)102-92(76)86)68-50-52-72-70-38-19-23-44-80(70)96(82(72)59-68,94(5,6)7)95(93(2,3)4)79-43-22-18-37-69(79)71-51-49-67(58-81(71)95)99(85-45-27-41-75-73-39-20-24-47-87(73)101-91(75)85)89-77(63-34-12-8-9-13-35-63)54-65(56-83(89)97)61-30-14-10-15-31-61/h8,10-12,14-34,36-59H,9,13,35H2,1-7H3. The first-order chi connectivity index (χ1) is 49.6. The van der Waals surface area contributed by atoms with E-state index in [4.69, 9.17) is 8.83 Å². The highest BCUT2D eigenvalue weighted by atomic mass is 19.1. The molecule has 102 heavy (non-hydrogen) atoms. The second-order valence-electron chi connectivity index (χ2n) is 30.0. The first-order valence-electron chi connectivity index (χ1n) is 35.7. The van der Waals surface area contributed by atoms with Gasteiger partial charge in [-0.15, -0.1) is 0 Å². The van der Waals surface area contributed by atoms with Crippen molar-refractivity contribution in [3.8, 4) is 55.6 Å². The van der Waals surface area contributed by atoms with E-state index < -0.39 is 21.7 Å². The highest BCUT2D eigenvalue weighted by Crippen LogP contribution is 2.75. The molecule has 6 heteroatoms. The predicted molar refractivity (Wildman–Crippen MR) is 420 cm³/mol. The van der Waals surface area contributed by atoms with Crippen molar-refractivity contribution in [1.82, 2.24) is 0 Å². The van der Waals surface area contributed by atoms with E-state index in [2.05, 4.69) is 258 Å². The quantitative estimate of drug-likeness (QED) is 0.129. The smallest absolute Gasteiger partial charge is 0.159 e. The minimum Gasteiger partial charge on any atom is -0.454 e. The van der Waals surface area contributed by atoms with Crippen LogP contribution in [0.1, 0.15) is 94.2 Å². The number of fused-ring (bicyclic) bond motifs is 12. The maximum absolute atomic E-state index is 19.1. The zero-order valence-electron chi connectivity index (χ0n) is 58.4. The first-order valence-corrected chi connectivity index (χ1v) is 35.7. The average Bonchev–Trinajstić information content (AvgIpc) is 1.46. The normalized spacial score (nSPS) is 16.3. The van der Waals surface area contributed by atoms with Crippen LogP contribution in [0.2, 0.25) is 0 Å². The summed E-state index contributed by atoms with van der Waals surface area (Å²) in [4.78, 5) is 4.32. The Labute approximate surface area is 594 Å². The van der Waals surface area contributed by atoms with Gasteiger partial charge in [0.2, 0.25) is 0 Å². The Hall–Kier alpha value is -11.6. The highest BCUT2D eigenvalue weighted by molar-refractivity contribution is 6.13. The molecule has 0 amide bonds. The molecule has 0 saturated heterocycles. The minimum atomic E-state index is -0.943. The average molecular weight is 1330 g/mol. The van der Waals surface area contributed by atoms with Gasteiger partial charge in [-0.3, -0.25) is 0 Å². The van der Waals surface area contributed by atoms with Crippen LogP contribution in [0.25, 0.3) is 105 Å². The van der Waals surface area contributed by atoms with Crippen LogP contribution in [0.3, 0.4) is 0 Å². The lowest BCUT2D eigenvalue weighted by Crippen LogP contribution is -2.62. The van der Waals surface area contributed by atoms with Crippen LogP contribution in [-0.4, -0.2) is 0 Å². The minimum absolute atomic E-state index is 0.351. The van der Waals surface area contributed by atoms with Gasteiger partial charge in [0.05, 0.1) is 22.7 Å². The number of rotatable bonds is 11. The van der Waals surface area contributed by atoms with Crippen LogP contribution in [0.15, 0.2) is 306 Å². The summed E-state index contributed by atoms with van der Waals surface area (Å²) >= 11 is 0. The molecule has 0 radical (unpaired) electrons. The third kappa shape index (κ3) is 9.37. The van der Waals surface area contributed by atoms with Crippen molar-refractivity contribution in [3.63, 3.8) is 0 Å². The van der Waals surface area contributed by atoms with Gasteiger partial charge in [-0.25, -0.2) is 8.78 Å². The summed E-state index contributed by atoms with van der Waals surface area (Å²) in [6.45, 7) is 16.6. The van der Waals surface area contributed by atoms with Crippen molar-refractivity contribution in [1.29, 1.82) is 0 Å². The molecule has 2 aromatic heterocycles. The van der Waals surface area contributed by atoms with Gasteiger partial charge in [0, 0.05) is 54.9 Å². The van der Waals surface area contributed by atoms with E-state index in [1.54, 1.807) is 12.1 Å². The summed E-state index contributed by atoms with van der Waals surface area (Å²) in [5.41, 5.74) is 20.6. The molecular weight excluding hydrogens is 1250 g/mol. The van der Waals surface area contributed by atoms with Gasteiger partial charge in [0.1, 0.15) is 22.8 Å². The number of hydrogen-bond acceptors (Lipinski definition) is 4. The SMILES string of the molecule is Cc1cccc(-c2cc(-c3ccccc3)cc(F)c2N(c2ccc3c(c2)C(C(C)(C)C)(C2(C(C)(C)C)c4ccccc4-c4ccc(N(c5c(F)cc(-c6ccccc6)cc5C5=CC=CCCC5)c5cccc6c5oc5ccccc56)cc42)c2ccccc2-3)c2cccc3c2oc2ccccc23)c1. The van der Waals surface area contributed by atoms with Gasteiger partial charge in [-0.05, 0) is 188 Å². The van der Waals surface area contributed by atoms with Crippen molar-refractivity contribution in [2.45, 2.75) is 78.6 Å². The predicted octanol–water partition coefficient (Wildman–Crippen LogP) is 27.5. The maximum atomic E-state index is 19.1.